The van der Waals surface area contributed by atoms with E-state index in [1.165, 1.54) is 31.4 Å². The molecule has 0 aliphatic carbocycles. The molecule has 2 aliphatic rings. The molecule has 10 nitrogen and oxygen atoms in total. The average Bonchev–Trinajstić information content (AvgIpc) is 3.53. The predicted molar refractivity (Wildman–Crippen MR) is 133 cm³/mol. The van der Waals surface area contributed by atoms with Gasteiger partial charge in [-0.05, 0) is 36.4 Å². The molecule has 0 bridgehead atoms. The molecule has 3 heterocycles. The Labute approximate surface area is 217 Å². The van der Waals surface area contributed by atoms with Crippen LogP contribution in [-0.4, -0.2) is 66.2 Å². The molecule has 1 aromatic heterocycles. The Kier molecular flexibility index (Phi) is 6.89. The Balaban J connectivity index is 1.53. The van der Waals surface area contributed by atoms with Crippen molar-refractivity contribution in [2.75, 3.05) is 33.4 Å². The van der Waals surface area contributed by atoms with Crippen LogP contribution in [0.25, 0.3) is 11.3 Å². The maximum absolute atomic E-state index is 13.1. The lowest BCUT2D eigenvalue weighted by molar-refractivity contribution is -0.140. The van der Waals surface area contributed by atoms with E-state index >= 15 is 0 Å². The fourth-order valence-electron chi connectivity index (χ4n) is 4.53. The number of ketones is 1. The topological polar surface area (TPSA) is 136 Å². The summed E-state index contributed by atoms with van der Waals surface area (Å²) in [5.41, 5.74) is 1.26. The van der Waals surface area contributed by atoms with Gasteiger partial charge in [0, 0.05) is 30.4 Å². The first-order chi connectivity index (χ1) is 18.4. The molecule has 0 radical (unpaired) electrons. The van der Waals surface area contributed by atoms with Gasteiger partial charge in [0.15, 0.2) is 5.76 Å². The van der Waals surface area contributed by atoms with Gasteiger partial charge in [-0.15, -0.1) is 0 Å². The number of aromatic carboxylic acids is 1. The number of carboxylic acids is 1. The molecular weight excluding hydrogens is 494 g/mol. The highest BCUT2D eigenvalue weighted by Crippen LogP contribution is 2.47. The number of fused-ring (bicyclic) bond motifs is 1. The second-order valence-electron chi connectivity index (χ2n) is 8.87. The SMILES string of the molecule is COC(=O)C[C@H](c1ccc(-c2ccc(C(=O)O)cc2)o1)c1c(O)ccc2c1O/C(=C\N1CCOCC1)C2=O. The lowest BCUT2D eigenvalue weighted by Crippen LogP contribution is -2.32. The molecule has 10 heteroatoms. The summed E-state index contributed by atoms with van der Waals surface area (Å²) in [5.74, 6) is -1.88. The maximum atomic E-state index is 13.1. The smallest absolute Gasteiger partial charge is 0.335 e. The van der Waals surface area contributed by atoms with Gasteiger partial charge in [0.05, 0.1) is 43.8 Å². The number of aromatic hydroxyl groups is 1. The third-order valence-corrected chi connectivity index (χ3v) is 6.53. The van der Waals surface area contributed by atoms with E-state index in [1.54, 1.807) is 30.5 Å². The molecule has 1 saturated heterocycles. The van der Waals surface area contributed by atoms with Gasteiger partial charge < -0.3 is 33.7 Å². The first-order valence-electron chi connectivity index (χ1n) is 12.0. The number of hydrogen-bond acceptors (Lipinski definition) is 9. The largest absolute Gasteiger partial charge is 0.508 e. The lowest BCUT2D eigenvalue weighted by atomic mass is 9.90. The third-order valence-electron chi connectivity index (χ3n) is 6.53. The molecule has 3 aromatic rings. The van der Waals surface area contributed by atoms with Crippen LogP contribution in [0.15, 0.2) is 64.9 Å². The normalized spacial score (nSPS) is 16.7. The molecule has 0 saturated carbocycles. The molecule has 2 aromatic carbocycles. The number of nitrogens with zero attached hydrogens (tertiary/aromatic N) is 1. The number of Topliss-reactive ketones (excluding diaryl/α,β-unsaturated/α-hetero) is 1. The van der Waals surface area contributed by atoms with Crippen molar-refractivity contribution in [3.63, 3.8) is 0 Å². The van der Waals surface area contributed by atoms with Crippen LogP contribution in [0.2, 0.25) is 0 Å². The number of benzene rings is 2. The number of carbonyl (C=O) groups is 3. The van der Waals surface area contributed by atoms with Crippen LogP contribution in [0.4, 0.5) is 0 Å². The van der Waals surface area contributed by atoms with Crippen LogP contribution >= 0.6 is 0 Å². The number of phenolic OH excluding ortho intramolecular Hbond substituents is 1. The van der Waals surface area contributed by atoms with Gasteiger partial charge in [-0.2, -0.15) is 0 Å². The summed E-state index contributed by atoms with van der Waals surface area (Å²) < 4.78 is 22.3. The van der Waals surface area contributed by atoms with E-state index in [0.29, 0.717) is 43.4 Å². The van der Waals surface area contributed by atoms with Crippen molar-refractivity contribution in [1.29, 1.82) is 0 Å². The Bertz CT molecular complexity index is 1410. The maximum Gasteiger partial charge on any atom is 0.335 e. The number of rotatable bonds is 7. The second kappa shape index (κ2) is 10.4. The van der Waals surface area contributed by atoms with Gasteiger partial charge >= 0.3 is 11.9 Å². The highest BCUT2D eigenvalue weighted by Gasteiger charge is 2.37. The average molecular weight is 520 g/mol. The first kappa shape index (κ1) is 25.1. The van der Waals surface area contributed by atoms with Crippen molar-refractivity contribution in [3.05, 3.63) is 82.9 Å². The fraction of sp³-hybridized carbons (Fsp3) is 0.250. The highest BCUT2D eigenvalue weighted by molar-refractivity contribution is 6.12. The van der Waals surface area contributed by atoms with Gasteiger partial charge in [-0.1, -0.05) is 12.1 Å². The van der Waals surface area contributed by atoms with Gasteiger partial charge in [0.1, 0.15) is 23.0 Å². The molecule has 1 fully saturated rings. The number of hydrogen-bond donors (Lipinski definition) is 2. The van der Waals surface area contributed by atoms with Gasteiger partial charge in [0.2, 0.25) is 5.78 Å². The number of carboxylic acid groups (broad SMARTS) is 1. The summed E-state index contributed by atoms with van der Waals surface area (Å²) in [6, 6.07) is 12.4. The van der Waals surface area contributed by atoms with E-state index in [1.807, 2.05) is 4.90 Å². The van der Waals surface area contributed by atoms with Crippen LogP contribution < -0.4 is 4.74 Å². The third kappa shape index (κ3) is 4.85. The van der Waals surface area contributed by atoms with Crippen molar-refractivity contribution >= 4 is 17.7 Å². The number of furan rings is 1. The van der Waals surface area contributed by atoms with Crippen molar-refractivity contribution in [2.24, 2.45) is 0 Å². The van der Waals surface area contributed by atoms with Crippen molar-refractivity contribution in [1.82, 2.24) is 4.90 Å². The summed E-state index contributed by atoms with van der Waals surface area (Å²) >= 11 is 0. The quantitative estimate of drug-likeness (QED) is 0.350. The van der Waals surface area contributed by atoms with E-state index in [0.717, 1.165) is 0 Å². The zero-order valence-electron chi connectivity index (χ0n) is 20.5. The van der Waals surface area contributed by atoms with E-state index in [9.17, 15) is 19.5 Å². The molecule has 196 valence electrons. The molecule has 2 aliphatic heterocycles. The monoisotopic (exact) mass is 519 g/mol. The number of methoxy groups -OCH3 is 1. The van der Waals surface area contributed by atoms with Crippen LogP contribution in [0.1, 0.15) is 44.4 Å². The molecule has 0 spiro atoms. The Hall–Kier alpha value is -4.57. The molecule has 0 unspecified atom stereocenters. The molecular formula is C28H25NO9. The van der Waals surface area contributed by atoms with Crippen LogP contribution in [0.3, 0.4) is 0 Å². The minimum absolute atomic E-state index is 0.115. The molecule has 0 amide bonds. The van der Waals surface area contributed by atoms with Gasteiger partial charge in [-0.25, -0.2) is 4.79 Å². The summed E-state index contributed by atoms with van der Waals surface area (Å²) in [5, 5.41) is 20.1. The summed E-state index contributed by atoms with van der Waals surface area (Å²) in [6.07, 6.45) is 1.46. The van der Waals surface area contributed by atoms with E-state index < -0.39 is 17.9 Å². The molecule has 38 heavy (non-hydrogen) atoms. The van der Waals surface area contributed by atoms with Gasteiger partial charge in [-0.3, -0.25) is 9.59 Å². The van der Waals surface area contributed by atoms with Crippen LogP contribution in [-0.2, 0) is 14.3 Å². The summed E-state index contributed by atoms with van der Waals surface area (Å²) in [6.45, 7) is 2.31. The summed E-state index contributed by atoms with van der Waals surface area (Å²) in [7, 11) is 1.26. The standard InChI is InChI=1S/C28H25NO9/c1-35-24(31)14-19(22-9-8-21(37-22)16-2-4-17(5-3-16)28(33)34)25-20(30)7-6-18-26(32)23(38-27(18)25)15-29-10-12-36-13-11-29/h2-9,15,19,30H,10-14H2,1H3,(H,33,34)/b23-15-/t19-/m1/s1. The Morgan fingerprint density at radius 2 is 1.82 bits per heavy atom. The number of carbonyl (C=O) groups excluding carboxylic acids is 2. The predicted octanol–water partition coefficient (Wildman–Crippen LogP) is 3.79. The highest BCUT2D eigenvalue weighted by atomic mass is 16.5. The van der Waals surface area contributed by atoms with E-state index in [4.69, 9.17) is 23.7 Å². The van der Waals surface area contributed by atoms with E-state index in [-0.39, 0.29) is 46.2 Å². The van der Waals surface area contributed by atoms with Crippen LogP contribution in [0.5, 0.6) is 11.5 Å². The number of morpholine rings is 1. The van der Waals surface area contributed by atoms with Crippen molar-refractivity contribution < 1.29 is 43.2 Å². The molecule has 5 rings (SSSR count). The second-order valence-corrected chi connectivity index (χ2v) is 8.87. The molecule has 1 atom stereocenters. The zero-order chi connectivity index (χ0) is 26.8. The van der Waals surface area contributed by atoms with Crippen molar-refractivity contribution in [3.8, 4) is 22.8 Å². The summed E-state index contributed by atoms with van der Waals surface area (Å²) in [4.78, 5) is 38.7. The van der Waals surface area contributed by atoms with Gasteiger partial charge in [0.25, 0.3) is 0 Å². The number of phenols is 1. The lowest BCUT2D eigenvalue weighted by Gasteiger charge is -2.25. The number of ether oxygens (including phenoxy) is 3. The van der Waals surface area contributed by atoms with Crippen LogP contribution in [0, 0.1) is 0 Å². The number of esters is 1. The first-order valence-corrected chi connectivity index (χ1v) is 12.0. The minimum Gasteiger partial charge on any atom is -0.508 e. The molecule has 2 N–H and O–H groups in total. The zero-order valence-corrected chi connectivity index (χ0v) is 20.5. The van der Waals surface area contributed by atoms with E-state index in [2.05, 4.69) is 0 Å². The Morgan fingerprint density at radius 3 is 2.50 bits per heavy atom. The fourth-order valence-corrected chi connectivity index (χ4v) is 4.53. The number of allylic oxidation sites excluding steroid dienone is 1. The van der Waals surface area contributed by atoms with Crippen molar-refractivity contribution in [2.45, 2.75) is 12.3 Å². The Morgan fingerprint density at radius 1 is 1.08 bits per heavy atom. The minimum atomic E-state index is -1.04.